The van der Waals surface area contributed by atoms with E-state index in [1.165, 1.54) is 19.3 Å². The molecule has 0 spiro atoms. The summed E-state index contributed by atoms with van der Waals surface area (Å²) in [6.45, 7) is 9.78. The van der Waals surface area contributed by atoms with Crippen LogP contribution in [0.1, 0.15) is 97.8 Å². The maximum atomic E-state index is 13.9. The minimum atomic E-state index is -0.342. The molecule has 2 aliphatic heterocycles. The molecule has 0 aromatic rings. The van der Waals surface area contributed by atoms with Crippen molar-refractivity contribution in [2.45, 2.75) is 122 Å². The number of carbonyl (C=O) groups is 2. The number of hydrogen-bond donors (Lipinski definition) is 3. The fourth-order valence-electron chi connectivity index (χ4n) is 6.69. The Bertz CT molecular complexity index is 652. The number of nitrogens with one attached hydrogen (secondary N) is 3. The summed E-state index contributed by atoms with van der Waals surface area (Å²) < 4.78 is 0. The van der Waals surface area contributed by atoms with Crippen LogP contribution in [0.15, 0.2) is 0 Å². The van der Waals surface area contributed by atoms with Gasteiger partial charge in [-0.3, -0.25) is 9.59 Å². The normalized spacial score (nSPS) is 32.5. The predicted molar refractivity (Wildman–Crippen MR) is 133 cm³/mol. The lowest BCUT2D eigenvalue weighted by Crippen LogP contribution is -2.65. The summed E-state index contributed by atoms with van der Waals surface area (Å²) in [7, 11) is 0. The predicted octanol–water partition coefficient (Wildman–Crippen LogP) is 3.60. The summed E-state index contributed by atoms with van der Waals surface area (Å²) in [6, 6.07) is 0.0147. The second kappa shape index (κ2) is 11.1. The highest BCUT2D eigenvalue weighted by atomic mass is 16.2. The molecule has 2 heterocycles. The molecule has 4 rings (SSSR count). The van der Waals surface area contributed by atoms with Crippen LogP contribution in [0.3, 0.4) is 0 Å². The van der Waals surface area contributed by atoms with Gasteiger partial charge in [0.1, 0.15) is 6.04 Å². The Labute approximate surface area is 201 Å². The molecule has 0 bridgehead atoms. The molecular weight excluding hydrogens is 412 g/mol. The molecule has 6 heteroatoms. The molecule has 0 radical (unpaired) electrons. The lowest BCUT2D eigenvalue weighted by molar-refractivity contribution is -0.150. The van der Waals surface area contributed by atoms with E-state index in [0.717, 1.165) is 77.4 Å². The standard InChI is InChI=1S/C27H48N4O2/c1-27(2,3)20-11-13-22(14-12-20)31(26(33)23-15-17-29-23)24(19-8-7-16-28-18-19)25(32)30-21-9-5-4-6-10-21/h19-24,28-29H,4-18H2,1-3H3,(H,30,32)/t19?,20?,22?,23-,24?/m1/s1. The molecule has 0 aromatic heterocycles. The molecular formula is C27H48N4O2. The summed E-state index contributed by atoms with van der Waals surface area (Å²) in [6.07, 6.45) is 13.2. The summed E-state index contributed by atoms with van der Waals surface area (Å²) in [5, 5.41) is 10.3. The van der Waals surface area contributed by atoms with E-state index in [0.29, 0.717) is 11.3 Å². The third-order valence-electron chi connectivity index (χ3n) is 8.99. The summed E-state index contributed by atoms with van der Waals surface area (Å²) in [4.78, 5) is 29.8. The average molecular weight is 461 g/mol. The first-order valence-corrected chi connectivity index (χ1v) is 13.9. The molecule has 2 saturated heterocycles. The van der Waals surface area contributed by atoms with Gasteiger partial charge in [0, 0.05) is 24.5 Å². The molecule has 188 valence electrons. The third kappa shape index (κ3) is 6.11. The SMILES string of the molecule is CC(C)(C)C1CCC(N(C(=O)[C@H]2CCN2)C(C(=O)NC2CCCCC2)C2CCCNC2)CC1. The van der Waals surface area contributed by atoms with Crippen LogP contribution < -0.4 is 16.0 Å². The molecule has 4 aliphatic rings. The highest BCUT2D eigenvalue weighted by molar-refractivity contribution is 5.91. The van der Waals surface area contributed by atoms with Gasteiger partial charge in [-0.2, -0.15) is 0 Å². The molecule has 3 atom stereocenters. The molecule has 6 nitrogen and oxygen atoms in total. The van der Waals surface area contributed by atoms with Gasteiger partial charge in [-0.15, -0.1) is 0 Å². The van der Waals surface area contributed by atoms with Crippen LogP contribution in [0.5, 0.6) is 0 Å². The largest absolute Gasteiger partial charge is 0.352 e. The van der Waals surface area contributed by atoms with Gasteiger partial charge in [0.15, 0.2) is 0 Å². The van der Waals surface area contributed by atoms with Crippen molar-refractivity contribution < 1.29 is 9.59 Å². The van der Waals surface area contributed by atoms with Crippen LogP contribution >= 0.6 is 0 Å². The van der Waals surface area contributed by atoms with Crippen LogP contribution in [0, 0.1) is 17.3 Å². The molecule has 0 aromatic carbocycles. The fourth-order valence-corrected chi connectivity index (χ4v) is 6.69. The van der Waals surface area contributed by atoms with Gasteiger partial charge in [-0.05, 0) is 82.2 Å². The topological polar surface area (TPSA) is 73.5 Å². The van der Waals surface area contributed by atoms with E-state index in [4.69, 9.17) is 0 Å². The van der Waals surface area contributed by atoms with Gasteiger partial charge in [0.2, 0.25) is 11.8 Å². The number of amides is 2. The second-order valence-electron chi connectivity index (χ2n) is 12.3. The Morgan fingerprint density at radius 2 is 1.58 bits per heavy atom. The van der Waals surface area contributed by atoms with Gasteiger partial charge < -0.3 is 20.9 Å². The average Bonchev–Trinajstić information content (AvgIpc) is 2.77. The number of carbonyl (C=O) groups excluding carboxylic acids is 2. The van der Waals surface area contributed by atoms with Crippen LogP contribution in [0.25, 0.3) is 0 Å². The zero-order valence-corrected chi connectivity index (χ0v) is 21.3. The number of hydrogen-bond acceptors (Lipinski definition) is 4. The van der Waals surface area contributed by atoms with E-state index >= 15 is 0 Å². The smallest absolute Gasteiger partial charge is 0.243 e. The van der Waals surface area contributed by atoms with Gasteiger partial charge in [-0.1, -0.05) is 40.0 Å². The molecule has 2 saturated carbocycles. The van der Waals surface area contributed by atoms with Crippen LogP contribution in [-0.2, 0) is 9.59 Å². The Morgan fingerprint density at radius 1 is 0.879 bits per heavy atom. The minimum Gasteiger partial charge on any atom is -0.352 e. The molecule has 2 amide bonds. The highest BCUT2D eigenvalue weighted by Crippen LogP contribution is 2.40. The van der Waals surface area contributed by atoms with Gasteiger partial charge in [0.25, 0.3) is 0 Å². The number of piperidine rings is 1. The number of rotatable bonds is 6. The van der Waals surface area contributed by atoms with Crippen molar-refractivity contribution in [2.24, 2.45) is 17.3 Å². The van der Waals surface area contributed by atoms with E-state index in [1.807, 2.05) is 0 Å². The van der Waals surface area contributed by atoms with Crippen molar-refractivity contribution in [1.82, 2.24) is 20.9 Å². The van der Waals surface area contributed by atoms with E-state index in [9.17, 15) is 9.59 Å². The van der Waals surface area contributed by atoms with Crippen molar-refractivity contribution in [1.29, 1.82) is 0 Å². The zero-order valence-electron chi connectivity index (χ0n) is 21.3. The molecule has 33 heavy (non-hydrogen) atoms. The Hall–Kier alpha value is -1.14. The van der Waals surface area contributed by atoms with Crippen LogP contribution in [0.2, 0.25) is 0 Å². The first kappa shape index (κ1) is 25.0. The molecule has 2 unspecified atom stereocenters. The van der Waals surface area contributed by atoms with E-state index < -0.39 is 0 Å². The maximum Gasteiger partial charge on any atom is 0.243 e. The monoisotopic (exact) mass is 460 g/mol. The van der Waals surface area contributed by atoms with E-state index in [1.54, 1.807) is 0 Å². The quantitative estimate of drug-likeness (QED) is 0.566. The molecule has 3 N–H and O–H groups in total. The third-order valence-corrected chi connectivity index (χ3v) is 8.99. The summed E-state index contributed by atoms with van der Waals surface area (Å²) >= 11 is 0. The fraction of sp³-hybridized carbons (Fsp3) is 0.926. The summed E-state index contributed by atoms with van der Waals surface area (Å²) in [5.41, 5.74) is 0.306. The number of nitrogens with zero attached hydrogens (tertiary/aromatic N) is 1. The Kier molecular flexibility index (Phi) is 8.37. The van der Waals surface area contributed by atoms with Gasteiger partial charge in [-0.25, -0.2) is 0 Å². The minimum absolute atomic E-state index is 0.105. The van der Waals surface area contributed by atoms with Crippen molar-refractivity contribution in [3.63, 3.8) is 0 Å². The van der Waals surface area contributed by atoms with Gasteiger partial charge in [0.05, 0.1) is 6.04 Å². The van der Waals surface area contributed by atoms with Crippen molar-refractivity contribution >= 4 is 11.8 Å². The second-order valence-corrected chi connectivity index (χ2v) is 12.3. The van der Waals surface area contributed by atoms with Gasteiger partial charge >= 0.3 is 0 Å². The summed E-state index contributed by atoms with van der Waals surface area (Å²) in [5.74, 6) is 1.18. The van der Waals surface area contributed by atoms with Crippen LogP contribution in [0.4, 0.5) is 0 Å². The highest BCUT2D eigenvalue weighted by Gasteiger charge is 2.45. The lowest BCUT2D eigenvalue weighted by Gasteiger charge is -2.48. The molecule has 4 fully saturated rings. The van der Waals surface area contributed by atoms with E-state index in [2.05, 4.69) is 41.6 Å². The first-order chi connectivity index (χ1) is 15.8. The van der Waals surface area contributed by atoms with Crippen molar-refractivity contribution in [3.05, 3.63) is 0 Å². The molecule has 2 aliphatic carbocycles. The lowest BCUT2D eigenvalue weighted by atomic mass is 9.70. The van der Waals surface area contributed by atoms with Crippen molar-refractivity contribution in [2.75, 3.05) is 19.6 Å². The van der Waals surface area contributed by atoms with Crippen LogP contribution in [-0.4, -0.2) is 60.5 Å². The first-order valence-electron chi connectivity index (χ1n) is 13.9. The van der Waals surface area contributed by atoms with E-state index in [-0.39, 0.29) is 41.9 Å². The Balaban J connectivity index is 1.56. The zero-order chi connectivity index (χ0) is 23.4. The maximum absolute atomic E-state index is 13.9. The Morgan fingerprint density at radius 3 is 2.12 bits per heavy atom. The van der Waals surface area contributed by atoms with Crippen molar-refractivity contribution in [3.8, 4) is 0 Å².